The van der Waals surface area contributed by atoms with E-state index < -0.39 is 0 Å². The number of anilines is 1. The van der Waals surface area contributed by atoms with E-state index in [-0.39, 0.29) is 0 Å². The van der Waals surface area contributed by atoms with E-state index in [0.29, 0.717) is 6.04 Å². The molecule has 1 aliphatic rings. The van der Waals surface area contributed by atoms with E-state index in [1.807, 2.05) is 24.5 Å². The van der Waals surface area contributed by atoms with Crippen LogP contribution in [0.3, 0.4) is 0 Å². The van der Waals surface area contributed by atoms with Crippen LogP contribution in [-0.4, -0.2) is 36.3 Å². The maximum Gasteiger partial charge on any atom is 0.112 e. The van der Waals surface area contributed by atoms with Crippen LogP contribution >= 0.6 is 15.9 Å². The SMILES string of the molecule is CN(c1ccnc2cc(Br)cnc12)C1CCOC1. The summed E-state index contributed by atoms with van der Waals surface area (Å²) in [4.78, 5) is 11.1. The number of likely N-dealkylation sites (N-methyl/N-ethyl adjacent to an activating group) is 1. The molecule has 18 heavy (non-hydrogen) atoms. The maximum absolute atomic E-state index is 5.45. The van der Waals surface area contributed by atoms with Crippen molar-refractivity contribution in [3.8, 4) is 0 Å². The van der Waals surface area contributed by atoms with Gasteiger partial charge < -0.3 is 9.64 Å². The van der Waals surface area contributed by atoms with Gasteiger partial charge in [-0.1, -0.05) is 0 Å². The number of nitrogens with zero attached hydrogens (tertiary/aromatic N) is 3. The summed E-state index contributed by atoms with van der Waals surface area (Å²) in [5.41, 5.74) is 2.96. The van der Waals surface area contributed by atoms with Crippen molar-refractivity contribution in [1.29, 1.82) is 0 Å². The first kappa shape index (κ1) is 11.9. The van der Waals surface area contributed by atoms with E-state index in [9.17, 15) is 0 Å². The highest BCUT2D eigenvalue weighted by atomic mass is 79.9. The van der Waals surface area contributed by atoms with Gasteiger partial charge >= 0.3 is 0 Å². The Bertz CT molecular complexity index is 569. The molecule has 1 atom stereocenters. The number of ether oxygens (including phenoxy) is 1. The van der Waals surface area contributed by atoms with Gasteiger partial charge in [-0.2, -0.15) is 0 Å². The molecular formula is C13H14BrN3O. The molecule has 0 bridgehead atoms. The first-order chi connectivity index (χ1) is 8.75. The van der Waals surface area contributed by atoms with Crippen molar-refractivity contribution in [1.82, 2.24) is 9.97 Å². The molecule has 1 saturated heterocycles. The fraction of sp³-hybridized carbons (Fsp3) is 0.385. The smallest absolute Gasteiger partial charge is 0.112 e. The van der Waals surface area contributed by atoms with E-state index in [0.717, 1.165) is 40.8 Å². The fourth-order valence-corrected chi connectivity index (χ4v) is 2.62. The summed E-state index contributed by atoms with van der Waals surface area (Å²) in [5, 5.41) is 0. The highest BCUT2D eigenvalue weighted by molar-refractivity contribution is 9.10. The van der Waals surface area contributed by atoms with Crippen LogP contribution in [0.1, 0.15) is 6.42 Å². The van der Waals surface area contributed by atoms with Crippen LogP contribution in [0, 0.1) is 0 Å². The van der Waals surface area contributed by atoms with Crippen molar-refractivity contribution < 1.29 is 4.74 Å². The van der Waals surface area contributed by atoms with Gasteiger partial charge in [0.25, 0.3) is 0 Å². The highest BCUT2D eigenvalue weighted by Crippen LogP contribution is 2.27. The molecule has 0 aromatic carbocycles. The van der Waals surface area contributed by atoms with Crippen LogP contribution in [0.25, 0.3) is 11.0 Å². The molecule has 0 spiro atoms. The van der Waals surface area contributed by atoms with Gasteiger partial charge in [0.15, 0.2) is 0 Å². The van der Waals surface area contributed by atoms with Gasteiger partial charge in [-0.3, -0.25) is 9.97 Å². The Morgan fingerprint density at radius 2 is 2.33 bits per heavy atom. The van der Waals surface area contributed by atoms with Gasteiger partial charge in [-0.15, -0.1) is 0 Å². The number of halogens is 1. The number of pyridine rings is 2. The Morgan fingerprint density at radius 3 is 3.11 bits per heavy atom. The molecule has 0 N–H and O–H groups in total. The second-order valence-corrected chi connectivity index (χ2v) is 5.40. The molecule has 1 aliphatic heterocycles. The standard InChI is InChI=1S/C13H14BrN3O/c1-17(10-3-5-18-8-10)12-2-4-15-11-6-9(14)7-16-13(11)12/h2,4,6-7,10H,3,5,8H2,1H3. The lowest BCUT2D eigenvalue weighted by atomic mass is 10.2. The van der Waals surface area contributed by atoms with Crippen LogP contribution < -0.4 is 4.90 Å². The van der Waals surface area contributed by atoms with Crippen LogP contribution in [0.5, 0.6) is 0 Å². The third-order valence-electron chi connectivity index (χ3n) is 3.36. The van der Waals surface area contributed by atoms with Gasteiger partial charge in [0.2, 0.25) is 0 Å². The lowest BCUT2D eigenvalue weighted by Gasteiger charge is -2.25. The molecule has 94 valence electrons. The van der Waals surface area contributed by atoms with E-state index >= 15 is 0 Å². The largest absolute Gasteiger partial charge is 0.379 e. The Morgan fingerprint density at radius 1 is 1.44 bits per heavy atom. The number of hydrogen-bond donors (Lipinski definition) is 0. The molecule has 2 aromatic heterocycles. The van der Waals surface area contributed by atoms with Gasteiger partial charge in [-0.05, 0) is 34.5 Å². The predicted octanol–water partition coefficient (Wildman–Crippen LogP) is 2.62. The van der Waals surface area contributed by atoms with Crippen LogP contribution in [0.4, 0.5) is 5.69 Å². The Labute approximate surface area is 114 Å². The summed E-state index contributed by atoms with van der Waals surface area (Å²) in [5.74, 6) is 0. The van der Waals surface area contributed by atoms with Crippen LogP contribution in [0.2, 0.25) is 0 Å². The van der Waals surface area contributed by atoms with Crippen molar-refractivity contribution in [2.45, 2.75) is 12.5 Å². The predicted molar refractivity (Wildman–Crippen MR) is 74.9 cm³/mol. The summed E-state index contributed by atoms with van der Waals surface area (Å²) in [6.45, 7) is 1.63. The normalized spacial score (nSPS) is 19.3. The molecule has 1 unspecified atom stereocenters. The average molecular weight is 308 g/mol. The maximum atomic E-state index is 5.45. The summed E-state index contributed by atoms with van der Waals surface area (Å²) in [6.07, 6.45) is 4.71. The number of hydrogen-bond acceptors (Lipinski definition) is 4. The summed E-state index contributed by atoms with van der Waals surface area (Å²) in [7, 11) is 2.10. The van der Waals surface area contributed by atoms with Crippen molar-refractivity contribution in [3.05, 3.63) is 29.0 Å². The third-order valence-corrected chi connectivity index (χ3v) is 3.79. The average Bonchev–Trinajstić information content (AvgIpc) is 2.90. The molecule has 0 radical (unpaired) electrons. The highest BCUT2D eigenvalue weighted by Gasteiger charge is 2.22. The lowest BCUT2D eigenvalue weighted by molar-refractivity contribution is 0.193. The topological polar surface area (TPSA) is 38.2 Å². The molecule has 3 heterocycles. The first-order valence-electron chi connectivity index (χ1n) is 5.96. The molecule has 0 aliphatic carbocycles. The summed E-state index contributed by atoms with van der Waals surface area (Å²) < 4.78 is 6.40. The molecular weight excluding hydrogens is 294 g/mol. The quantitative estimate of drug-likeness (QED) is 0.855. The lowest BCUT2D eigenvalue weighted by Crippen LogP contribution is -2.32. The van der Waals surface area contributed by atoms with Crippen LogP contribution in [0.15, 0.2) is 29.0 Å². The minimum absolute atomic E-state index is 0.432. The second kappa shape index (κ2) is 4.82. The summed E-state index contributed by atoms with van der Waals surface area (Å²) in [6, 6.07) is 4.44. The van der Waals surface area contributed by atoms with Gasteiger partial charge in [0.05, 0.1) is 23.9 Å². The third kappa shape index (κ3) is 2.08. The molecule has 0 amide bonds. The molecule has 2 aromatic rings. The van der Waals surface area contributed by atoms with Gasteiger partial charge in [0.1, 0.15) is 5.52 Å². The number of aromatic nitrogens is 2. The minimum Gasteiger partial charge on any atom is -0.379 e. The zero-order valence-electron chi connectivity index (χ0n) is 10.1. The van der Waals surface area contributed by atoms with Gasteiger partial charge in [0, 0.05) is 30.5 Å². The Hall–Kier alpha value is -1.20. The Kier molecular flexibility index (Phi) is 3.18. The monoisotopic (exact) mass is 307 g/mol. The van der Waals surface area contributed by atoms with Crippen LogP contribution in [-0.2, 0) is 4.74 Å². The summed E-state index contributed by atoms with van der Waals surface area (Å²) >= 11 is 3.42. The minimum atomic E-state index is 0.432. The van der Waals surface area contributed by atoms with Crippen molar-refractivity contribution >= 4 is 32.7 Å². The fourth-order valence-electron chi connectivity index (χ4n) is 2.30. The van der Waals surface area contributed by atoms with E-state index in [2.05, 4.69) is 37.8 Å². The molecule has 5 heteroatoms. The van der Waals surface area contributed by atoms with Crippen molar-refractivity contribution in [3.63, 3.8) is 0 Å². The first-order valence-corrected chi connectivity index (χ1v) is 6.76. The molecule has 0 saturated carbocycles. The molecule has 1 fully saturated rings. The molecule has 4 nitrogen and oxygen atoms in total. The van der Waals surface area contributed by atoms with E-state index in [1.165, 1.54) is 0 Å². The Balaban J connectivity index is 2.05. The number of fused-ring (bicyclic) bond motifs is 1. The second-order valence-electron chi connectivity index (χ2n) is 4.48. The zero-order chi connectivity index (χ0) is 12.5. The van der Waals surface area contributed by atoms with E-state index in [4.69, 9.17) is 4.74 Å². The van der Waals surface area contributed by atoms with Gasteiger partial charge in [-0.25, -0.2) is 0 Å². The van der Waals surface area contributed by atoms with Crippen molar-refractivity contribution in [2.24, 2.45) is 0 Å². The molecule has 3 rings (SSSR count). The van der Waals surface area contributed by atoms with E-state index in [1.54, 1.807) is 0 Å². The van der Waals surface area contributed by atoms with Crippen molar-refractivity contribution in [2.75, 3.05) is 25.2 Å². The number of rotatable bonds is 2. The zero-order valence-corrected chi connectivity index (χ0v) is 11.7.